The fraction of sp³-hybridized carbons (Fsp3) is 0.188. The molecule has 1 amide bonds. The summed E-state index contributed by atoms with van der Waals surface area (Å²) in [4.78, 5) is 22.6. The number of halogens is 1. The molecule has 1 atom stereocenters. The molecule has 2 aromatic carbocycles. The van der Waals surface area contributed by atoms with Crippen molar-refractivity contribution in [2.45, 2.75) is 20.0 Å². The first-order valence-electron chi connectivity index (χ1n) is 6.85. The van der Waals surface area contributed by atoms with Crippen LogP contribution >= 0.6 is 15.9 Å². The summed E-state index contributed by atoms with van der Waals surface area (Å²) in [6.45, 7) is 3.52. The number of aryl methyl sites for hydroxylation is 1. The van der Waals surface area contributed by atoms with E-state index in [1.165, 1.54) is 18.2 Å². The summed E-state index contributed by atoms with van der Waals surface area (Å²) in [6.07, 6.45) is -0.811. The highest BCUT2D eigenvalue weighted by molar-refractivity contribution is 9.10. The van der Waals surface area contributed by atoms with Crippen LogP contribution in [-0.2, 0) is 4.79 Å². The number of nitro groups is 1. The Morgan fingerprint density at radius 1 is 1.30 bits per heavy atom. The summed E-state index contributed by atoms with van der Waals surface area (Å²) in [7, 11) is 0. The van der Waals surface area contributed by atoms with Gasteiger partial charge in [0.25, 0.3) is 11.6 Å². The number of hydrogen-bond acceptors (Lipinski definition) is 4. The first-order chi connectivity index (χ1) is 10.9. The molecule has 1 N–H and O–H groups in total. The summed E-state index contributed by atoms with van der Waals surface area (Å²) in [5, 5.41) is 13.5. The van der Waals surface area contributed by atoms with Crippen molar-refractivity contribution in [1.82, 2.24) is 0 Å². The normalized spacial score (nSPS) is 11.6. The van der Waals surface area contributed by atoms with Gasteiger partial charge >= 0.3 is 0 Å². The van der Waals surface area contributed by atoms with Gasteiger partial charge in [0, 0.05) is 6.07 Å². The number of hydrogen-bond donors (Lipinski definition) is 1. The average Bonchev–Trinajstić information content (AvgIpc) is 2.50. The van der Waals surface area contributed by atoms with Crippen LogP contribution in [0.1, 0.15) is 12.5 Å². The van der Waals surface area contributed by atoms with E-state index in [1.807, 2.05) is 19.1 Å². The first-order valence-corrected chi connectivity index (χ1v) is 7.65. The van der Waals surface area contributed by atoms with Crippen LogP contribution in [-0.4, -0.2) is 16.9 Å². The Labute approximate surface area is 141 Å². The molecule has 0 aliphatic heterocycles. The molecule has 0 aliphatic rings. The number of amides is 1. The average molecular weight is 379 g/mol. The number of para-hydroxylation sites is 2. The van der Waals surface area contributed by atoms with Crippen LogP contribution in [0.2, 0.25) is 0 Å². The number of carbonyl (C=O) groups excluding carboxylic acids is 1. The number of rotatable bonds is 5. The molecule has 0 fully saturated rings. The molecule has 0 aliphatic carbocycles. The lowest BCUT2D eigenvalue weighted by Gasteiger charge is -2.16. The van der Waals surface area contributed by atoms with Crippen LogP contribution in [0.4, 0.5) is 11.4 Å². The van der Waals surface area contributed by atoms with Gasteiger partial charge in [0.05, 0.1) is 9.40 Å². The van der Waals surface area contributed by atoms with Crippen LogP contribution in [0.15, 0.2) is 46.9 Å². The van der Waals surface area contributed by atoms with Crippen LogP contribution in [0.5, 0.6) is 5.75 Å². The molecular weight excluding hydrogens is 364 g/mol. The molecule has 120 valence electrons. The minimum atomic E-state index is -0.811. The van der Waals surface area contributed by atoms with Gasteiger partial charge < -0.3 is 10.1 Å². The maximum Gasteiger partial charge on any atom is 0.292 e. The number of carbonyl (C=O) groups is 1. The molecule has 0 radical (unpaired) electrons. The molecule has 6 nitrogen and oxygen atoms in total. The highest BCUT2D eigenvalue weighted by Crippen LogP contribution is 2.27. The van der Waals surface area contributed by atoms with Crippen LogP contribution in [0.25, 0.3) is 0 Å². The Hall–Kier alpha value is -2.41. The summed E-state index contributed by atoms with van der Waals surface area (Å²) in [6, 6.07) is 11.5. The number of ether oxygens (including phenoxy) is 1. The van der Waals surface area contributed by atoms with Crippen LogP contribution in [0.3, 0.4) is 0 Å². The van der Waals surface area contributed by atoms with Crippen LogP contribution in [0, 0.1) is 17.0 Å². The molecule has 2 aromatic rings. The lowest BCUT2D eigenvalue weighted by atomic mass is 10.2. The van der Waals surface area contributed by atoms with Gasteiger partial charge in [0.15, 0.2) is 6.10 Å². The summed E-state index contributed by atoms with van der Waals surface area (Å²) in [5.41, 5.74) is 1.03. The second-order valence-corrected chi connectivity index (χ2v) is 5.81. The SMILES string of the molecule is Cc1ccc(O[C@@H](C)C(=O)Nc2ccccc2[N+](=O)[O-])c(Br)c1. The molecule has 0 unspecified atom stereocenters. The number of nitrogens with zero attached hydrogens (tertiary/aromatic N) is 1. The van der Waals surface area contributed by atoms with Crippen molar-refractivity contribution >= 4 is 33.2 Å². The number of benzene rings is 2. The molecular formula is C16H15BrN2O4. The maximum atomic E-state index is 12.2. The van der Waals surface area contributed by atoms with Gasteiger partial charge in [0.2, 0.25) is 0 Å². The summed E-state index contributed by atoms with van der Waals surface area (Å²) in [5.74, 6) is 0.0626. The Balaban J connectivity index is 2.10. The monoisotopic (exact) mass is 378 g/mol. The molecule has 0 spiro atoms. The van der Waals surface area contributed by atoms with Gasteiger partial charge in [-0.15, -0.1) is 0 Å². The largest absolute Gasteiger partial charge is 0.480 e. The third-order valence-electron chi connectivity index (χ3n) is 3.12. The molecule has 0 heterocycles. The third-order valence-corrected chi connectivity index (χ3v) is 3.74. The van der Waals surface area contributed by atoms with E-state index < -0.39 is 16.9 Å². The summed E-state index contributed by atoms with van der Waals surface area (Å²) < 4.78 is 6.34. The number of nitro benzene ring substituents is 1. The van der Waals surface area contributed by atoms with Crippen molar-refractivity contribution < 1.29 is 14.5 Å². The van der Waals surface area contributed by atoms with E-state index in [2.05, 4.69) is 21.2 Å². The van der Waals surface area contributed by atoms with Crippen LogP contribution < -0.4 is 10.1 Å². The second-order valence-electron chi connectivity index (χ2n) is 4.96. The molecule has 2 rings (SSSR count). The van der Waals surface area contributed by atoms with E-state index in [0.717, 1.165) is 10.0 Å². The highest BCUT2D eigenvalue weighted by atomic mass is 79.9. The van der Waals surface area contributed by atoms with Gasteiger partial charge in [-0.3, -0.25) is 14.9 Å². The molecule has 23 heavy (non-hydrogen) atoms. The Bertz CT molecular complexity index is 749. The van der Waals surface area contributed by atoms with Crippen molar-refractivity contribution in [3.8, 4) is 5.75 Å². The fourth-order valence-corrected chi connectivity index (χ4v) is 2.51. The number of anilines is 1. The minimum absolute atomic E-state index is 0.140. The predicted molar refractivity (Wildman–Crippen MR) is 90.7 cm³/mol. The van der Waals surface area contributed by atoms with Crippen molar-refractivity contribution in [2.24, 2.45) is 0 Å². The fourth-order valence-electron chi connectivity index (χ4n) is 1.92. The molecule has 0 saturated heterocycles. The Morgan fingerprint density at radius 2 is 2.00 bits per heavy atom. The van der Waals surface area contributed by atoms with E-state index in [9.17, 15) is 14.9 Å². The summed E-state index contributed by atoms with van der Waals surface area (Å²) >= 11 is 3.38. The van der Waals surface area contributed by atoms with Crippen molar-refractivity contribution in [1.29, 1.82) is 0 Å². The van der Waals surface area contributed by atoms with Crippen molar-refractivity contribution in [2.75, 3.05) is 5.32 Å². The lowest BCUT2D eigenvalue weighted by Crippen LogP contribution is -2.30. The van der Waals surface area contributed by atoms with Gasteiger partial charge in [-0.1, -0.05) is 18.2 Å². The second kappa shape index (κ2) is 7.23. The molecule has 0 saturated carbocycles. The quantitative estimate of drug-likeness (QED) is 0.627. The molecule has 0 bridgehead atoms. The first kappa shape index (κ1) is 17.0. The van der Waals surface area contributed by atoms with Crippen molar-refractivity contribution in [3.05, 3.63) is 62.6 Å². The van der Waals surface area contributed by atoms with E-state index in [4.69, 9.17) is 4.74 Å². The topological polar surface area (TPSA) is 81.5 Å². The van der Waals surface area contributed by atoms with Gasteiger partial charge in [0.1, 0.15) is 11.4 Å². The maximum absolute atomic E-state index is 12.2. The van der Waals surface area contributed by atoms with Gasteiger partial charge in [-0.25, -0.2) is 0 Å². The van der Waals surface area contributed by atoms with E-state index in [-0.39, 0.29) is 11.4 Å². The Morgan fingerprint density at radius 3 is 2.65 bits per heavy atom. The third kappa shape index (κ3) is 4.29. The Kier molecular flexibility index (Phi) is 5.33. The highest BCUT2D eigenvalue weighted by Gasteiger charge is 2.20. The zero-order valence-corrected chi connectivity index (χ0v) is 14.2. The van der Waals surface area contributed by atoms with E-state index >= 15 is 0 Å². The smallest absolute Gasteiger partial charge is 0.292 e. The minimum Gasteiger partial charge on any atom is -0.480 e. The molecule has 0 aromatic heterocycles. The standard InChI is InChI=1S/C16H15BrN2O4/c1-10-7-8-15(12(17)9-10)23-11(2)16(20)18-13-5-3-4-6-14(13)19(21)22/h3-9,11H,1-2H3,(H,18,20)/t11-/m0/s1. The van der Waals surface area contributed by atoms with Gasteiger partial charge in [-0.2, -0.15) is 0 Å². The van der Waals surface area contributed by atoms with E-state index in [1.54, 1.807) is 19.1 Å². The van der Waals surface area contributed by atoms with E-state index in [0.29, 0.717) is 5.75 Å². The number of nitrogens with one attached hydrogen (secondary N) is 1. The zero-order valence-electron chi connectivity index (χ0n) is 12.6. The lowest BCUT2D eigenvalue weighted by molar-refractivity contribution is -0.383. The van der Waals surface area contributed by atoms with Crippen molar-refractivity contribution in [3.63, 3.8) is 0 Å². The molecule has 7 heteroatoms. The zero-order chi connectivity index (χ0) is 17.0. The van der Waals surface area contributed by atoms with Gasteiger partial charge in [-0.05, 0) is 53.5 Å². The predicted octanol–water partition coefficient (Wildman–Crippen LogP) is 4.07.